The number of thioether (sulfide) groups is 1. The van der Waals surface area contributed by atoms with E-state index in [2.05, 4.69) is 10.3 Å². The third kappa shape index (κ3) is 2.27. The van der Waals surface area contributed by atoms with Gasteiger partial charge in [0.05, 0.1) is 0 Å². The first kappa shape index (κ1) is 15.6. The van der Waals surface area contributed by atoms with Crippen LogP contribution in [0.15, 0.2) is 53.3 Å². The molecule has 5 rings (SSSR count). The normalized spacial score (nSPS) is 20.5. The van der Waals surface area contributed by atoms with E-state index >= 15 is 0 Å². The number of hydrogen-bond acceptors (Lipinski definition) is 5. The molecule has 3 heterocycles. The molecule has 3 aromatic rings. The van der Waals surface area contributed by atoms with Crippen molar-refractivity contribution in [1.82, 2.24) is 14.8 Å². The van der Waals surface area contributed by atoms with Crippen molar-refractivity contribution in [2.24, 2.45) is 0 Å². The van der Waals surface area contributed by atoms with Gasteiger partial charge in [0.25, 0.3) is 5.56 Å². The zero-order chi connectivity index (χ0) is 17.7. The van der Waals surface area contributed by atoms with Crippen LogP contribution in [0, 0.1) is 5.82 Å². The lowest BCUT2D eigenvalue weighted by atomic mass is 10.0. The zero-order valence-electron chi connectivity index (χ0n) is 13.8. The van der Waals surface area contributed by atoms with E-state index in [-0.39, 0.29) is 11.4 Å². The molecule has 2 aliphatic heterocycles. The van der Waals surface area contributed by atoms with Gasteiger partial charge < -0.3 is 5.32 Å². The predicted octanol–water partition coefficient (Wildman–Crippen LogP) is 3.33. The van der Waals surface area contributed by atoms with Crippen LogP contribution in [0.3, 0.4) is 0 Å². The fourth-order valence-corrected chi connectivity index (χ4v) is 4.88. The number of anilines is 1. The Bertz CT molecular complexity index is 1060. The van der Waals surface area contributed by atoms with Crippen LogP contribution in [0.5, 0.6) is 0 Å². The van der Waals surface area contributed by atoms with Crippen LogP contribution in [0.25, 0.3) is 22.6 Å². The predicted molar refractivity (Wildman–Crippen MR) is 101 cm³/mol. The maximum atomic E-state index is 13.8. The summed E-state index contributed by atoms with van der Waals surface area (Å²) in [6.07, 6.45) is 0.826. The monoisotopic (exact) mass is 366 g/mol. The van der Waals surface area contributed by atoms with Crippen molar-refractivity contribution in [3.05, 3.63) is 64.7 Å². The maximum absolute atomic E-state index is 13.8. The van der Waals surface area contributed by atoms with Crippen LogP contribution in [0.4, 0.5) is 10.1 Å². The Morgan fingerprint density at radius 1 is 1.19 bits per heavy atom. The summed E-state index contributed by atoms with van der Waals surface area (Å²) in [6, 6.07) is 13.8. The average molecular weight is 366 g/mol. The second-order valence-corrected chi connectivity index (χ2v) is 7.62. The van der Waals surface area contributed by atoms with Gasteiger partial charge in [0.1, 0.15) is 11.5 Å². The summed E-state index contributed by atoms with van der Waals surface area (Å²) in [4.78, 5) is 17.0. The second-order valence-electron chi connectivity index (χ2n) is 6.52. The molecule has 1 aromatic heterocycles. The first-order valence-electron chi connectivity index (χ1n) is 8.39. The summed E-state index contributed by atoms with van der Waals surface area (Å²) < 4.78 is 15.6. The molecule has 1 saturated heterocycles. The van der Waals surface area contributed by atoms with Crippen molar-refractivity contribution in [3.8, 4) is 22.6 Å². The highest BCUT2D eigenvalue weighted by atomic mass is 32.2. The third-order valence-corrected chi connectivity index (χ3v) is 6.03. The van der Waals surface area contributed by atoms with Crippen LogP contribution in [-0.2, 0) is 5.66 Å². The van der Waals surface area contributed by atoms with Gasteiger partial charge in [-0.2, -0.15) is 21.8 Å². The molecule has 1 atom stereocenters. The Labute approximate surface area is 153 Å². The minimum Gasteiger partial charge on any atom is -0.360 e. The molecule has 2 aliphatic rings. The number of nitrogens with zero attached hydrogens (tertiary/aromatic N) is 3. The number of aromatic nitrogens is 3. The molecule has 1 fully saturated rings. The first-order chi connectivity index (χ1) is 12.7. The molecule has 2 aromatic carbocycles. The second kappa shape index (κ2) is 5.67. The molecule has 1 spiro atoms. The van der Waals surface area contributed by atoms with Crippen molar-refractivity contribution in [2.75, 3.05) is 16.8 Å². The number of fused-ring (bicyclic) bond motifs is 4. The highest BCUT2D eigenvalue weighted by molar-refractivity contribution is 7.99. The van der Waals surface area contributed by atoms with Gasteiger partial charge in [-0.25, -0.2) is 9.07 Å². The Morgan fingerprint density at radius 3 is 2.81 bits per heavy atom. The van der Waals surface area contributed by atoms with Gasteiger partial charge in [0.2, 0.25) is 0 Å². The number of rotatable bonds is 1. The third-order valence-electron chi connectivity index (χ3n) is 4.85. The first-order valence-corrected chi connectivity index (χ1v) is 9.55. The average Bonchev–Trinajstić information content (AvgIpc) is 3.11. The highest BCUT2D eigenvalue weighted by Gasteiger charge is 2.43. The lowest BCUT2D eigenvalue weighted by Gasteiger charge is -2.38. The van der Waals surface area contributed by atoms with E-state index in [1.165, 1.54) is 12.1 Å². The number of benzene rings is 2. The van der Waals surface area contributed by atoms with Crippen molar-refractivity contribution >= 4 is 17.4 Å². The summed E-state index contributed by atoms with van der Waals surface area (Å²) in [7, 11) is 0. The fourth-order valence-electron chi connectivity index (χ4n) is 3.57. The Kier molecular flexibility index (Phi) is 3.40. The largest absolute Gasteiger partial charge is 0.360 e. The molecular weight excluding hydrogens is 351 g/mol. The Hall–Kier alpha value is -2.67. The Balaban J connectivity index is 1.79. The summed E-state index contributed by atoms with van der Waals surface area (Å²) in [5.74, 6) is 1.92. The van der Waals surface area contributed by atoms with Crippen molar-refractivity contribution < 1.29 is 4.39 Å². The summed E-state index contributed by atoms with van der Waals surface area (Å²) in [6.45, 7) is 0. The van der Waals surface area contributed by atoms with E-state index in [1.54, 1.807) is 17.8 Å². The van der Waals surface area contributed by atoms with Gasteiger partial charge in [-0.05, 0) is 24.0 Å². The number of halogens is 1. The van der Waals surface area contributed by atoms with Gasteiger partial charge in [-0.1, -0.05) is 30.3 Å². The van der Waals surface area contributed by atoms with E-state index in [0.29, 0.717) is 22.8 Å². The lowest BCUT2D eigenvalue weighted by molar-refractivity contribution is 0.332. The van der Waals surface area contributed by atoms with E-state index in [1.807, 2.05) is 35.0 Å². The molecule has 130 valence electrons. The van der Waals surface area contributed by atoms with Crippen molar-refractivity contribution in [2.45, 2.75) is 12.1 Å². The molecule has 0 radical (unpaired) electrons. The topological polar surface area (TPSA) is 59.8 Å². The smallest absolute Gasteiger partial charge is 0.300 e. The highest BCUT2D eigenvalue weighted by Crippen LogP contribution is 2.43. The van der Waals surface area contributed by atoms with Gasteiger partial charge in [0, 0.05) is 29.0 Å². The number of nitrogens with one attached hydrogen (secondary N) is 1. The van der Waals surface area contributed by atoms with Crippen LogP contribution < -0.4 is 10.9 Å². The van der Waals surface area contributed by atoms with Crippen LogP contribution >= 0.6 is 11.8 Å². The molecule has 1 N–H and O–H groups in total. The van der Waals surface area contributed by atoms with Crippen LogP contribution in [0.1, 0.15) is 6.42 Å². The molecule has 0 saturated carbocycles. The lowest BCUT2D eigenvalue weighted by Crippen LogP contribution is -2.47. The van der Waals surface area contributed by atoms with E-state index < -0.39 is 5.66 Å². The summed E-state index contributed by atoms with van der Waals surface area (Å²) >= 11 is 1.80. The molecule has 7 heteroatoms. The molecule has 0 bridgehead atoms. The van der Waals surface area contributed by atoms with Gasteiger partial charge in [-0.15, -0.1) is 0 Å². The minimum absolute atomic E-state index is 0.318. The molecule has 0 unspecified atom stereocenters. The van der Waals surface area contributed by atoms with Gasteiger partial charge in [-0.3, -0.25) is 4.79 Å². The van der Waals surface area contributed by atoms with Gasteiger partial charge in [0.15, 0.2) is 11.5 Å². The Morgan fingerprint density at radius 2 is 2.04 bits per heavy atom. The van der Waals surface area contributed by atoms with Gasteiger partial charge >= 0.3 is 0 Å². The molecule has 5 nitrogen and oxygen atoms in total. The molecular formula is C19H15FN4OS. The van der Waals surface area contributed by atoms with E-state index in [4.69, 9.17) is 5.10 Å². The van der Waals surface area contributed by atoms with Crippen LogP contribution in [0.2, 0.25) is 0 Å². The van der Waals surface area contributed by atoms with Crippen molar-refractivity contribution in [1.29, 1.82) is 0 Å². The summed E-state index contributed by atoms with van der Waals surface area (Å²) in [5.41, 5.74) is 1.56. The standard InChI is InChI=1S/C19H15FN4OS/c20-13-6-7-14-15(10-13)22-19(8-9-26-11-19)24-17(14)21-18(25)16(23-24)12-4-2-1-3-5-12/h1-7,10,22H,8-9,11H2/t19-/m1/s1. The zero-order valence-corrected chi connectivity index (χ0v) is 14.6. The van der Waals surface area contributed by atoms with Crippen molar-refractivity contribution in [3.63, 3.8) is 0 Å². The quantitative estimate of drug-likeness (QED) is 0.716. The SMILES string of the molecule is O=c1nc2n(nc1-c1ccccc1)[C@@]1(CCSC1)Nc1cc(F)ccc1-2. The van der Waals surface area contributed by atoms with E-state index in [0.717, 1.165) is 23.5 Å². The molecule has 0 amide bonds. The maximum Gasteiger partial charge on any atom is 0.300 e. The van der Waals surface area contributed by atoms with E-state index in [9.17, 15) is 9.18 Å². The van der Waals surface area contributed by atoms with Crippen LogP contribution in [-0.4, -0.2) is 26.3 Å². The fraction of sp³-hybridized carbons (Fsp3) is 0.211. The minimum atomic E-state index is -0.495. The molecule has 26 heavy (non-hydrogen) atoms. The summed E-state index contributed by atoms with van der Waals surface area (Å²) in [5, 5.41) is 8.18. The molecule has 0 aliphatic carbocycles. The number of hydrogen-bond donors (Lipinski definition) is 1.